The van der Waals surface area contributed by atoms with Crippen molar-refractivity contribution < 1.29 is 9.53 Å². The Labute approximate surface area is 171 Å². The van der Waals surface area contributed by atoms with Crippen molar-refractivity contribution in [3.05, 3.63) is 41.6 Å². The molecule has 0 aliphatic carbocycles. The number of aromatic nitrogens is 1. The zero-order valence-electron chi connectivity index (χ0n) is 16.1. The number of hydrogen-bond donors (Lipinski definition) is 3. The van der Waals surface area contributed by atoms with Crippen LogP contribution in [-0.2, 0) is 9.53 Å². The second-order valence-electron chi connectivity index (χ2n) is 6.94. The summed E-state index contributed by atoms with van der Waals surface area (Å²) in [6.07, 6.45) is 4.44. The van der Waals surface area contributed by atoms with Crippen LogP contribution in [-0.4, -0.2) is 44.2 Å². The molecule has 0 spiro atoms. The predicted octanol–water partition coefficient (Wildman–Crippen LogP) is 3.79. The van der Waals surface area contributed by atoms with E-state index in [0.29, 0.717) is 17.4 Å². The number of amides is 1. The van der Waals surface area contributed by atoms with Gasteiger partial charge in [-0.3, -0.25) is 4.79 Å². The Kier molecular flexibility index (Phi) is 7.65. The molecule has 1 fully saturated rings. The van der Waals surface area contributed by atoms with Crippen LogP contribution in [0.2, 0.25) is 5.02 Å². The number of nitrogens with one attached hydrogen (secondary N) is 3. The second kappa shape index (κ2) is 10.4. The monoisotopic (exact) mass is 402 g/mol. The van der Waals surface area contributed by atoms with Gasteiger partial charge in [0.25, 0.3) is 0 Å². The molecule has 7 heteroatoms. The molecule has 1 aliphatic heterocycles. The summed E-state index contributed by atoms with van der Waals surface area (Å²) in [6.45, 7) is 3.24. The Morgan fingerprint density at radius 2 is 2.29 bits per heavy atom. The van der Waals surface area contributed by atoms with Gasteiger partial charge in [0, 0.05) is 44.3 Å². The van der Waals surface area contributed by atoms with Crippen LogP contribution in [0.4, 0.5) is 11.5 Å². The topological polar surface area (TPSA) is 75.3 Å². The Morgan fingerprint density at radius 3 is 3.07 bits per heavy atom. The summed E-state index contributed by atoms with van der Waals surface area (Å²) < 4.78 is 5.07. The van der Waals surface area contributed by atoms with Crippen molar-refractivity contribution in [1.29, 1.82) is 0 Å². The molecule has 0 bridgehead atoms. The highest BCUT2D eigenvalue weighted by Crippen LogP contribution is 2.31. The van der Waals surface area contributed by atoms with E-state index in [-0.39, 0.29) is 11.8 Å². The van der Waals surface area contributed by atoms with Crippen LogP contribution in [0, 0.1) is 5.92 Å². The van der Waals surface area contributed by atoms with Crippen LogP contribution in [0.25, 0.3) is 11.1 Å². The Bertz CT molecular complexity index is 794. The van der Waals surface area contributed by atoms with Crippen LogP contribution in [0.1, 0.15) is 19.3 Å². The molecule has 0 saturated carbocycles. The van der Waals surface area contributed by atoms with Gasteiger partial charge in [0.15, 0.2) is 0 Å². The van der Waals surface area contributed by atoms with Gasteiger partial charge in [0.1, 0.15) is 5.82 Å². The van der Waals surface area contributed by atoms with Crippen LogP contribution < -0.4 is 16.0 Å². The summed E-state index contributed by atoms with van der Waals surface area (Å²) in [5.41, 5.74) is 2.83. The number of methoxy groups -OCH3 is 1. The molecule has 1 aromatic carbocycles. The smallest absolute Gasteiger partial charge is 0.229 e. The first-order valence-electron chi connectivity index (χ1n) is 9.68. The third kappa shape index (κ3) is 5.67. The van der Waals surface area contributed by atoms with Crippen molar-refractivity contribution >= 4 is 29.0 Å². The van der Waals surface area contributed by atoms with Crippen molar-refractivity contribution in [1.82, 2.24) is 10.3 Å². The first-order chi connectivity index (χ1) is 13.7. The van der Waals surface area contributed by atoms with Crippen molar-refractivity contribution in [3.8, 4) is 11.1 Å². The number of rotatable bonds is 8. The molecule has 1 saturated heterocycles. The van der Waals surface area contributed by atoms with E-state index in [9.17, 15) is 4.79 Å². The van der Waals surface area contributed by atoms with Crippen LogP contribution in [0.5, 0.6) is 0 Å². The van der Waals surface area contributed by atoms with Crippen molar-refractivity contribution in [2.75, 3.05) is 44.0 Å². The van der Waals surface area contributed by atoms with E-state index >= 15 is 0 Å². The standard InChI is InChI=1S/C21H27ClN4O2/c1-28-10-4-9-24-17-7-2-5-15(11-17)18-12-20(25-14-19(18)22)26-21(27)16-6-3-8-23-13-16/h2,5,7,11-12,14,16,23-24H,3-4,6,8-10,13H2,1H3,(H,25,26,27)/t16-/m1/s1. The molecule has 28 heavy (non-hydrogen) atoms. The number of benzene rings is 1. The fourth-order valence-corrected chi connectivity index (χ4v) is 3.49. The van der Waals surface area contributed by atoms with Crippen LogP contribution in [0.3, 0.4) is 0 Å². The molecule has 150 valence electrons. The maximum absolute atomic E-state index is 12.5. The lowest BCUT2D eigenvalue weighted by Crippen LogP contribution is -2.37. The number of pyridine rings is 1. The number of carbonyl (C=O) groups is 1. The van der Waals surface area contributed by atoms with Gasteiger partial charge >= 0.3 is 0 Å². The minimum atomic E-state index is -0.0192. The largest absolute Gasteiger partial charge is 0.385 e. The van der Waals surface area contributed by atoms with Gasteiger partial charge in [-0.1, -0.05) is 23.7 Å². The molecule has 2 heterocycles. The highest BCUT2D eigenvalue weighted by atomic mass is 35.5. The number of nitrogens with zero attached hydrogens (tertiary/aromatic N) is 1. The summed E-state index contributed by atoms with van der Waals surface area (Å²) in [5, 5.41) is 10.1. The quantitative estimate of drug-likeness (QED) is 0.586. The summed E-state index contributed by atoms with van der Waals surface area (Å²) in [4.78, 5) is 16.8. The third-order valence-electron chi connectivity index (χ3n) is 4.80. The van der Waals surface area contributed by atoms with E-state index in [0.717, 1.165) is 55.8 Å². The average Bonchev–Trinajstić information content (AvgIpc) is 2.73. The first-order valence-corrected chi connectivity index (χ1v) is 10.1. The van der Waals surface area contributed by atoms with Gasteiger partial charge in [-0.15, -0.1) is 0 Å². The Morgan fingerprint density at radius 1 is 1.39 bits per heavy atom. The van der Waals surface area contributed by atoms with Gasteiger partial charge in [-0.25, -0.2) is 4.98 Å². The Balaban J connectivity index is 1.71. The minimum absolute atomic E-state index is 0.00142. The predicted molar refractivity (Wildman–Crippen MR) is 114 cm³/mol. The molecule has 1 amide bonds. The molecule has 1 aliphatic rings. The number of anilines is 2. The summed E-state index contributed by atoms with van der Waals surface area (Å²) in [5.74, 6) is 0.504. The van der Waals surface area contributed by atoms with Crippen LogP contribution >= 0.6 is 11.6 Å². The maximum Gasteiger partial charge on any atom is 0.229 e. The average molecular weight is 403 g/mol. The van der Waals surface area contributed by atoms with Gasteiger partial charge in [0.2, 0.25) is 5.91 Å². The van der Waals surface area contributed by atoms with Crippen molar-refractivity contribution in [2.24, 2.45) is 5.92 Å². The minimum Gasteiger partial charge on any atom is -0.385 e. The molecular weight excluding hydrogens is 376 g/mol. The molecule has 3 rings (SSSR count). The summed E-state index contributed by atoms with van der Waals surface area (Å²) >= 11 is 6.39. The van der Waals surface area contributed by atoms with Gasteiger partial charge in [-0.2, -0.15) is 0 Å². The summed E-state index contributed by atoms with van der Waals surface area (Å²) in [7, 11) is 1.70. The fourth-order valence-electron chi connectivity index (χ4n) is 3.28. The molecule has 0 radical (unpaired) electrons. The zero-order chi connectivity index (χ0) is 19.8. The number of carbonyl (C=O) groups excluding carboxylic acids is 1. The molecule has 3 N–H and O–H groups in total. The van der Waals surface area contributed by atoms with Crippen molar-refractivity contribution in [3.63, 3.8) is 0 Å². The van der Waals surface area contributed by atoms with E-state index in [4.69, 9.17) is 16.3 Å². The van der Waals surface area contributed by atoms with E-state index in [1.807, 2.05) is 30.3 Å². The zero-order valence-corrected chi connectivity index (χ0v) is 16.9. The van der Waals surface area contributed by atoms with E-state index < -0.39 is 0 Å². The molecular formula is C21H27ClN4O2. The molecule has 0 unspecified atom stereocenters. The summed E-state index contributed by atoms with van der Waals surface area (Å²) in [6, 6.07) is 9.88. The SMILES string of the molecule is COCCCNc1cccc(-c2cc(NC(=O)[C@@H]3CCCNC3)ncc2Cl)c1. The third-order valence-corrected chi connectivity index (χ3v) is 5.10. The number of ether oxygens (including phenoxy) is 1. The second-order valence-corrected chi connectivity index (χ2v) is 7.34. The lowest BCUT2D eigenvalue weighted by Gasteiger charge is -2.21. The number of hydrogen-bond acceptors (Lipinski definition) is 5. The van der Waals surface area contributed by atoms with Gasteiger partial charge in [0.05, 0.1) is 10.9 Å². The van der Waals surface area contributed by atoms with Crippen molar-refractivity contribution in [2.45, 2.75) is 19.3 Å². The van der Waals surface area contributed by atoms with Gasteiger partial charge in [-0.05, 0) is 49.6 Å². The normalized spacial score (nSPS) is 16.6. The maximum atomic E-state index is 12.5. The number of piperidine rings is 1. The van der Waals surface area contributed by atoms with Gasteiger partial charge < -0.3 is 20.7 Å². The van der Waals surface area contributed by atoms with E-state index in [1.54, 1.807) is 13.3 Å². The highest BCUT2D eigenvalue weighted by molar-refractivity contribution is 6.33. The number of halogens is 1. The lowest BCUT2D eigenvalue weighted by molar-refractivity contribution is -0.120. The highest BCUT2D eigenvalue weighted by Gasteiger charge is 2.21. The molecule has 2 aromatic rings. The lowest BCUT2D eigenvalue weighted by atomic mass is 9.99. The Hall–Kier alpha value is -2.15. The first kappa shape index (κ1) is 20.6. The van der Waals surface area contributed by atoms with E-state index in [1.165, 1.54) is 0 Å². The van der Waals surface area contributed by atoms with E-state index in [2.05, 4.69) is 20.9 Å². The molecule has 1 aromatic heterocycles. The fraction of sp³-hybridized carbons (Fsp3) is 0.429. The molecule has 6 nitrogen and oxygen atoms in total. The van der Waals surface area contributed by atoms with Crippen LogP contribution in [0.15, 0.2) is 36.5 Å². The molecule has 1 atom stereocenters.